The second-order valence-corrected chi connectivity index (χ2v) is 4.20. The van der Waals surface area contributed by atoms with Gasteiger partial charge >= 0.3 is 0 Å². The number of halogens is 1. The Bertz CT molecular complexity index is 432. The van der Waals surface area contributed by atoms with E-state index in [2.05, 4.69) is 65.9 Å². The summed E-state index contributed by atoms with van der Waals surface area (Å²) in [6, 6.07) is 14.0. The number of benzene rings is 2. The van der Waals surface area contributed by atoms with Crippen molar-refractivity contribution in [1.82, 2.24) is 0 Å². The van der Waals surface area contributed by atoms with E-state index < -0.39 is 0 Å². The Hall–Kier alpha value is -0.570. The predicted octanol–water partition coefficient (Wildman–Crippen LogP) is 3.81. The molecule has 0 atom stereocenters. The average Bonchev–Trinajstić information content (AvgIpc) is 2.17. The van der Waals surface area contributed by atoms with E-state index >= 15 is 0 Å². The standard InChI is InChI=1S/C12H10I/c1-2-9-7-10-5-3-4-6-11(10)8-12(9)13/h3-6,8H,2H2,1H3. The van der Waals surface area contributed by atoms with Gasteiger partial charge in [-0.05, 0) is 57.5 Å². The van der Waals surface area contributed by atoms with E-state index in [0.717, 1.165) is 6.42 Å². The van der Waals surface area contributed by atoms with Crippen LogP contribution in [-0.2, 0) is 6.42 Å². The number of aryl methyl sites for hydroxylation is 1. The minimum atomic E-state index is 1.06. The molecule has 65 valence electrons. The molecule has 0 heterocycles. The van der Waals surface area contributed by atoms with Crippen molar-refractivity contribution >= 4 is 33.4 Å². The quantitative estimate of drug-likeness (QED) is 0.697. The van der Waals surface area contributed by atoms with Crippen LogP contribution in [0.5, 0.6) is 0 Å². The van der Waals surface area contributed by atoms with Crippen molar-refractivity contribution in [1.29, 1.82) is 0 Å². The largest absolute Gasteiger partial charge is 0.0616 e. The second kappa shape index (κ2) is 3.66. The maximum Gasteiger partial charge on any atom is 0.0174 e. The summed E-state index contributed by atoms with van der Waals surface area (Å²) in [4.78, 5) is 0. The second-order valence-electron chi connectivity index (χ2n) is 3.04. The van der Waals surface area contributed by atoms with E-state index in [-0.39, 0.29) is 0 Å². The molecule has 0 amide bonds. The molecule has 2 aromatic rings. The summed E-state index contributed by atoms with van der Waals surface area (Å²) in [7, 11) is 0. The van der Waals surface area contributed by atoms with Crippen molar-refractivity contribution < 1.29 is 0 Å². The molecule has 0 saturated heterocycles. The zero-order valence-corrected chi connectivity index (χ0v) is 9.63. The average molecular weight is 281 g/mol. The minimum Gasteiger partial charge on any atom is -0.0616 e. The van der Waals surface area contributed by atoms with E-state index in [4.69, 9.17) is 0 Å². The van der Waals surface area contributed by atoms with Gasteiger partial charge in [-0.2, -0.15) is 0 Å². The van der Waals surface area contributed by atoms with Crippen LogP contribution in [0.15, 0.2) is 30.3 Å². The lowest BCUT2D eigenvalue weighted by Gasteiger charge is -2.03. The molecular formula is C12H10I. The molecule has 1 radical (unpaired) electrons. The summed E-state index contributed by atoms with van der Waals surface area (Å²) in [5.41, 5.74) is 1.32. The van der Waals surface area contributed by atoms with Crippen LogP contribution in [0, 0.1) is 9.64 Å². The Morgan fingerprint density at radius 2 is 2.08 bits per heavy atom. The van der Waals surface area contributed by atoms with Crippen molar-refractivity contribution in [3.05, 3.63) is 45.5 Å². The van der Waals surface area contributed by atoms with E-state index in [1.807, 2.05) is 0 Å². The minimum absolute atomic E-state index is 1.06. The Morgan fingerprint density at radius 3 is 2.85 bits per heavy atom. The third-order valence-electron chi connectivity index (χ3n) is 2.17. The topological polar surface area (TPSA) is 0 Å². The highest BCUT2D eigenvalue weighted by atomic mass is 127. The van der Waals surface area contributed by atoms with Gasteiger partial charge in [0.25, 0.3) is 0 Å². The molecule has 0 aliphatic heterocycles. The highest BCUT2D eigenvalue weighted by molar-refractivity contribution is 14.1. The normalized spacial score (nSPS) is 10.6. The van der Waals surface area contributed by atoms with Gasteiger partial charge in [0.1, 0.15) is 0 Å². The summed E-state index contributed by atoms with van der Waals surface area (Å²) >= 11 is 2.38. The van der Waals surface area contributed by atoms with Crippen molar-refractivity contribution in [3.8, 4) is 0 Å². The molecule has 0 aliphatic carbocycles. The fourth-order valence-corrected chi connectivity index (χ4v) is 2.29. The summed E-state index contributed by atoms with van der Waals surface area (Å²) in [5.74, 6) is 0. The lowest BCUT2D eigenvalue weighted by Crippen LogP contribution is -1.86. The van der Waals surface area contributed by atoms with Crippen molar-refractivity contribution in [2.45, 2.75) is 13.3 Å². The number of hydrogen-bond donors (Lipinski definition) is 0. The maximum absolute atomic E-state index is 3.44. The fourth-order valence-electron chi connectivity index (χ4n) is 1.44. The third kappa shape index (κ3) is 1.70. The summed E-state index contributed by atoms with van der Waals surface area (Å²) < 4.78 is 1.32. The Morgan fingerprint density at radius 1 is 1.31 bits per heavy atom. The van der Waals surface area contributed by atoms with Crippen LogP contribution in [0.25, 0.3) is 10.8 Å². The first-order valence-electron chi connectivity index (χ1n) is 4.40. The number of hydrogen-bond acceptors (Lipinski definition) is 0. The van der Waals surface area contributed by atoms with Crippen LogP contribution in [0.1, 0.15) is 12.5 Å². The molecule has 2 aromatic carbocycles. The Balaban J connectivity index is 2.74. The number of rotatable bonds is 1. The molecule has 0 unspecified atom stereocenters. The molecule has 0 spiro atoms. The smallest absolute Gasteiger partial charge is 0.0174 e. The Kier molecular flexibility index (Phi) is 2.54. The predicted molar refractivity (Wildman–Crippen MR) is 64.9 cm³/mol. The van der Waals surface area contributed by atoms with Crippen LogP contribution >= 0.6 is 22.6 Å². The third-order valence-corrected chi connectivity index (χ3v) is 3.13. The van der Waals surface area contributed by atoms with Gasteiger partial charge in [-0.3, -0.25) is 0 Å². The summed E-state index contributed by atoms with van der Waals surface area (Å²) in [5, 5.41) is 2.50. The van der Waals surface area contributed by atoms with Crippen LogP contribution in [0.3, 0.4) is 0 Å². The molecule has 1 heteroatoms. The fraction of sp³-hybridized carbons (Fsp3) is 0.167. The van der Waals surface area contributed by atoms with E-state index in [9.17, 15) is 0 Å². The van der Waals surface area contributed by atoms with Crippen LogP contribution in [0.4, 0.5) is 0 Å². The number of fused-ring (bicyclic) bond motifs is 1. The molecule has 0 N–H and O–H groups in total. The highest BCUT2D eigenvalue weighted by Crippen LogP contribution is 2.20. The molecule has 0 fully saturated rings. The first kappa shape index (κ1) is 9.00. The van der Waals surface area contributed by atoms with E-state index in [0.29, 0.717) is 0 Å². The van der Waals surface area contributed by atoms with Crippen molar-refractivity contribution in [2.75, 3.05) is 0 Å². The highest BCUT2D eigenvalue weighted by Gasteiger charge is 2.00. The van der Waals surface area contributed by atoms with Crippen LogP contribution in [0.2, 0.25) is 0 Å². The van der Waals surface area contributed by atoms with Gasteiger partial charge in [0.05, 0.1) is 0 Å². The van der Waals surface area contributed by atoms with Gasteiger partial charge in [-0.25, -0.2) is 0 Å². The molecule has 0 bridgehead atoms. The van der Waals surface area contributed by atoms with Gasteiger partial charge in [0.2, 0.25) is 0 Å². The van der Waals surface area contributed by atoms with E-state index in [1.54, 1.807) is 0 Å². The molecule has 0 aromatic heterocycles. The molecule has 0 nitrogen and oxygen atoms in total. The van der Waals surface area contributed by atoms with Crippen molar-refractivity contribution in [3.63, 3.8) is 0 Å². The Labute approximate surface area is 92.1 Å². The summed E-state index contributed by atoms with van der Waals surface area (Å²) in [6.07, 6.45) is 1.06. The first-order chi connectivity index (χ1) is 6.31. The molecule has 13 heavy (non-hydrogen) atoms. The lowest BCUT2D eigenvalue weighted by atomic mass is 10.1. The summed E-state index contributed by atoms with van der Waals surface area (Å²) in [6.45, 7) is 2.17. The molecule has 0 saturated carbocycles. The molecular weight excluding hydrogens is 271 g/mol. The van der Waals surface area contributed by atoms with Crippen LogP contribution < -0.4 is 0 Å². The monoisotopic (exact) mass is 281 g/mol. The SMILES string of the molecule is CCc1[c]c2ccccc2cc1I. The van der Waals surface area contributed by atoms with Crippen LogP contribution in [-0.4, -0.2) is 0 Å². The van der Waals surface area contributed by atoms with Crippen molar-refractivity contribution in [2.24, 2.45) is 0 Å². The van der Waals surface area contributed by atoms with Gasteiger partial charge in [0, 0.05) is 3.57 Å². The molecule has 0 aliphatic rings. The van der Waals surface area contributed by atoms with Gasteiger partial charge in [0.15, 0.2) is 0 Å². The van der Waals surface area contributed by atoms with Gasteiger partial charge < -0.3 is 0 Å². The molecule has 2 rings (SSSR count). The maximum atomic E-state index is 3.44. The van der Waals surface area contributed by atoms with Gasteiger partial charge in [-0.1, -0.05) is 31.2 Å². The van der Waals surface area contributed by atoms with Gasteiger partial charge in [-0.15, -0.1) is 0 Å². The first-order valence-corrected chi connectivity index (χ1v) is 5.48. The zero-order chi connectivity index (χ0) is 9.26. The van der Waals surface area contributed by atoms with E-state index in [1.165, 1.54) is 19.9 Å². The lowest BCUT2D eigenvalue weighted by molar-refractivity contribution is 1.13. The zero-order valence-electron chi connectivity index (χ0n) is 7.47.